The standard InChI is InChI=1S/C16H28N2S/c1-13-6-5-9-16(10-13)12-19-15(18-16)17-11-14-7-3-2-4-8-14/h13-14H,2-12H2,1H3,(H,17,18). The molecule has 0 amide bonds. The molecule has 0 aromatic rings. The minimum atomic E-state index is 0.397. The van der Waals surface area contributed by atoms with Crippen LogP contribution in [0.15, 0.2) is 4.99 Å². The number of amidine groups is 1. The summed E-state index contributed by atoms with van der Waals surface area (Å²) in [6.07, 6.45) is 12.6. The van der Waals surface area contributed by atoms with Crippen LogP contribution in [0.2, 0.25) is 0 Å². The molecule has 2 aliphatic carbocycles. The van der Waals surface area contributed by atoms with Gasteiger partial charge in [0.1, 0.15) is 0 Å². The summed E-state index contributed by atoms with van der Waals surface area (Å²) in [7, 11) is 0. The predicted octanol–water partition coefficient (Wildman–Crippen LogP) is 4.21. The molecule has 0 aromatic carbocycles. The Labute approximate surface area is 122 Å². The summed E-state index contributed by atoms with van der Waals surface area (Å²) in [6.45, 7) is 3.48. The van der Waals surface area contributed by atoms with E-state index in [9.17, 15) is 0 Å². The summed E-state index contributed by atoms with van der Waals surface area (Å²) >= 11 is 1.98. The van der Waals surface area contributed by atoms with Crippen LogP contribution in [0.5, 0.6) is 0 Å². The lowest BCUT2D eigenvalue weighted by Crippen LogP contribution is -2.47. The molecule has 108 valence electrons. The molecule has 2 nitrogen and oxygen atoms in total. The zero-order valence-corrected chi connectivity index (χ0v) is 13.1. The highest BCUT2D eigenvalue weighted by Crippen LogP contribution is 2.38. The van der Waals surface area contributed by atoms with Gasteiger partial charge in [0.05, 0.1) is 0 Å². The molecule has 3 rings (SSSR count). The van der Waals surface area contributed by atoms with Crippen molar-refractivity contribution in [2.45, 2.75) is 70.3 Å². The molecular formula is C16H28N2S. The molecule has 1 spiro atoms. The summed E-state index contributed by atoms with van der Waals surface area (Å²) in [5.41, 5.74) is 0.397. The monoisotopic (exact) mass is 280 g/mol. The van der Waals surface area contributed by atoms with Crippen molar-refractivity contribution in [3.8, 4) is 0 Å². The van der Waals surface area contributed by atoms with Crippen LogP contribution in [0.25, 0.3) is 0 Å². The lowest BCUT2D eigenvalue weighted by molar-refractivity contribution is 0.242. The average molecular weight is 280 g/mol. The van der Waals surface area contributed by atoms with E-state index in [-0.39, 0.29) is 0 Å². The van der Waals surface area contributed by atoms with Crippen molar-refractivity contribution >= 4 is 16.9 Å². The first-order valence-corrected chi connectivity index (χ1v) is 9.20. The van der Waals surface area contributed by atoms with Crippen LogP contribution >= 0.6 is 11.8 Å². The van der Waals surface area contributed by atoms with Crippen molar-refractivity contribution in [2.24, 2.45) is 16.8 Å². The van der Waals surface area contributed by atoms with Gasteiger partial charge < -0.3 is 5.32 Å². The molecule has 2 atom stereocenters. The van der Waals surface area contributed by atoms with E-state index in [1.807, 2.05) is 11.8 Å². The normalized spacial score (nSPS) is 38.8. The van der Waals surface area contributed by atoms with Crippen molar-refractivity contribution in [2.75, 3.05) is 12.3 Å². The Kier molecular flexibility index (Phi) is 4.40. The van der Waals surface area contributed by atoms with Gasteiger partial charge >= 0.3 is 0 Å². The highest BCUT2D eigenvalue weighted by molar-refractivity contribution is 8.14. The maximum Gasteiger partial charge on any atom is 0.157 e. The lowest BCUT2D eigenvalue weighted by Gasteiger charge is -2.36. The quantitative estimate of drug-likeness (QED) is 0.819. The van der Waals surface area contributed by atoms with Gasteiger partial charge in [0, 0.05) is 17.8 Å². The number of hydrogen-bond acceptors (Lipinski definition) is 2. The van der Waals surface area contributed by atoms with Crippen molar-refractivity contribution in [3.05, 3.63) is 0 Å². The lowest BCUT2D eigenvalue weighted by atomic mass is 9.78. The maximum atomic E-state index is 4.89. The number of rotatable bonds is 2. The van der Waals surface area contributed by atoms with Crippen LogP contribution in [0.1, 0.15) is 64.7 Å². The van der Waals surface area contributed by atoms with Gasteiger partial charge in [-0.3, -0.25) is 4.99 Å². The van der Waals surface area contributed by atoms with Crippen LogP contribution in [-0.4, -0.2) is 23.0 Å². The van der Waals surface area contributed by atoms with Crippen LogP contribution in [0.4, 0.5) is 0 Å². The molecule has 0 aromatic heterocycles. The molecule has 1 heterocycles. The second-order valence-electron chi connectivity index (χ2n) is 7.05. The van der Waals surface area contributed by atoms with Crippen molar-refractivity contribution in [3.63, 3.8) is 0 Å². The van der Waals surface area contributed by atoms with E-state index in [1.54, 1.807) is 0 Å². The zero-order chi connectivity index (χ0) is 13.1. The summed E-state index contributed by atoms with van der Waals surface area (Å²) < 4.78 is 0. The Morgan fingerprint density at radius 1 is 1.21 bits per heavy atom. The van der Waals surface area contributed by atoms with Crippen LogP contribution < -0.4 is 5.32 Å². The minimum Gasteiger partial charge on any atom is -0.359 e. The van der Waals surface area contributed by atoms with Gasteiger partial charge in [-0.05, 0) is 37.5 Å². The first-order chi connectivity index (χ1) is 9.26. The SMILES string of the molecule is CC1CCCC2(CSC(=NCC3CCCCC3)N2)C1. The first kappa shape index (κ1) is 13.8. The zero-order valence-electron chi connectivity index (χ0n) is 12.3. The third-order valence-electron chi connectivity index (χ3n) is 5.17. The summed E-state index contributed by atoms with van der Waals surface area (Å²) in [6, 6.07) is 0. The topological polar surface area (TPSA) is 24.4 Å². The van der Waals surface area contributed by atoms with E-state index in [0.717, 1.165) is 18.4 Å². The Morgan fingerprint density at radius 3 is 2.84 bits per heavy atom. The summed E-state index contributed by atoms with van der Waals surface area (Å²) in [5.74, 6) is 3.01. The smallest absolute Gasteiger partial charge is 0.157 e. The van der Waals surface area contributed by atoms with Gasteiger partial charge in [0.15, 0.2) is 5.17 Å². The van der Waals surface area contributed by atoms with E-state index >= 15 is 0 Å². The highest BCUT2D eigenvalue weighted by atomic mass is 32.2. The molecule has 2 unspecified atom stereocenters. The van der Waals surface area contributed by atoms with Gasteiger partial charge in [-0.1, -0.05) is 50.8 Å². The largest absolute Gasteiger partial charge is 0.359 e. The minimum absolute atomic E-state index is 0.397. The predicted molar refractivity (Wildman–Crippen MR) is 84.8 cm³/mol. The molecule has 3 heteroatoms. The number of thioether (sulfide) groups is 1. The number of nitrogens with one attached hydrogen (secondary N) is 1. The van der Waals surface area contributed by atoms with E-state index in [0.29, 0.717) is 5.54 Å². The average Bonchev–Trinajstić information content (AvgIpc) is 2.80. The van der Waals surface area contributed by atoms with Gasteiger partial charge in [0.25, 0.3) is 0 Å². The molecule has 3 fully saturated rings. The number of nitrogens with zero attached hydrogens (tertiary/aromatic N) is 1. The first-order valence-electron chi connectivity index (χ1n) is 8.21. The van der Waals surface area contributed by atoms with E-state index in [4.69, 9.17) is 4.99 Å². The Hall–Kier alpha value is -0.180. The molecule has 2 saturated carbocycles. The van der Waals surface area contributed by atoms with Crippen LogP contribution in [0, 0.1) is 11.8 Å². The fraction of sp³-hybridized carbons (Fsp3) is 0.938. The van der Waals surface area contributed by atoms with E-state index < -0.39 is 0 Å². The molecule has 0 bridgehead atoms. The van der Waals surface area contributed by atoms with Crippen LogP contribution in [-0.2, 0) is 0 Å². The molecule has 0 radical (unpaired) electrons. The second kappa shape index (κ2) is 6.07. The molecular weight excluding hydrogens is 252 g/mol. The third-order valence-corrected chi connectivity index (χ3v) is 6.37. The highest BCUT2D eigenvalue weighted by Gasteiger charge is 2.40. The summed E-state index contributed by atoms with van der Waals surface area (Å²) in [5, 5.41) is 5.04. The molecule has 19 heavy (non-hydrogen) atoms. The molecule has 1 N–H and O–H groups in total. The van der Waals surface area contributed by atoms with Crippen molar-refractivity contribution in [1.29, 1.82) is 0 Å². The van der Waals surface area contributed by atoms with Gasteiger partial charge in [-0.15, -0.1) is 0 Å². The van der Waals surface area contributed by atoms with Crippen LogP contribution in [0.3, 0.4) is 0 Å². The third kappa shape index (κ3) is 3.48. The molecule has 1 aliphatic heterocycles. The molecule has 3 aliphatic rings. The summed E-state index contributed by atoms with van der Waals surface area (Å²) in [4.78, 5) is 4.89. The number of hydrogen-bond donors (Lipinski definition) is 1. The van der Waals surface area contributed by atoms with Gasteiger partial charge in [-0.25, -0.2) is 0 Å². The van der Waals surface area contributed by atoms with E-state index in [1.165, 1.54) is 68.7 Å². The van der Waals surface area contributed by atoms with Gasteiger partial charge in [0.2, 0.25) is 0 Å². The Morgan fingerprint density at radius 2 is 2.05 bits per heavy atom. The van der Waals surface area contributed by atoms with Crippen molar-refractivity contribution in [1.82, 2.24) is 5.32 Å². The van der Waals surface area contributed by atoms with Crippen molar-refractivity contribution < 1.29 is 0 Å². The second-order valence-corrected chi connectivity index (χ2v) is 8.01. The number of aliphatic imine (C=N–C) groups is 1. The maximum absolute atomic E-state index is 4.89. The fourth-order valence-corrected chi connectivity index (χ4v) is 5.28. The Balaban J connectivity index is 1.53. The fourth-order valence-electron chi connectivity index (χ4n) is 4.08. The van der Waals surface area contributed by atoms with E-state index in [2.05, 4.69) is 12.2 Å². The Bertz CT molecular complexity index is 336. The molecule has 1 saturated heterocycles. The van der Waals surface area contributed by atoms with Gasteiger partial charge in [-0.2, -0.15) is 0 Å².